The van der Waals surface area contributed by atoms with E-state index in [9.17, 15) is 5.11 Å². The molecule has 0 rings (SSSR count). The molecule has 1 nitrogen and oxygen atoms in total. The molecule has 0 amide bonds. The van der Waals surface area contributed by atoms with Gasteiger partial charge in [-0.1, -0.05) is 13.0 Å². The maximum absolute atomic E-state index is 9.25. The molecule has 1 unspecified atom stereocenters. The van der Waals surface area contributed by atoms with Crippen LogP contribution in [0, 0.1) is 0 Å². The van der Waals surface area contributed by atoms with E-state index in [-0.39, 0.29) is 47.9 Å². The molecule has 1 N–H and O–H groups in total. The SMILES string of the molecule is C=CCC(C)(O)CC.[Cl-].[Cl-].[Mg+2]. The molecule has 0 saturated heterocycles. The van der Waals surface area contributed by atoms with Gasteiger partial charge in [-0.15, -0.1) is 6.58 Å². The van der Waals surface area contributed by atoms with Crippen molar-refractivity contribution in [2.75, 3.05) is 0 Å². The molecule has 0 aliphatic carbocycles. The van der Waals surface area contributed by atoms with E-state index in [2.05, 4.69) is 6.58 Å². The Hall–Kier alpha value is 1.05. The predicted molar refractivity (Wildman–Crippen MR) is 41.5 cm³/mol. The first-order valence-corrected chi connectivity index (χ1v) is 2.95. The average Bonchev–Trinajstić information content (AvgIpc) is 1.67. The molecule has 0 heterocycles. The summed E-state index contributed by atoms with van der Waals surface area (Å²) in [5, 5.41) is 9.25. The van der Waals surface area contributed by atoms with Crippen molar-refractivity contribution >= 4 is 23.1 Å². The van der Waals surface area contributed by atoms with Gasteiger partial charge in [0, 0.05) is 0 Å². The van der Waals surface area contributed by atoms with Gasteiger partial charge in [0.25, 0.3) is 0 Å². The summed E-state index contributed by atoms with van der Waals surface area (Å²) in [5.74, 6) is 0. The molecule has 0 radical (unpaired) electrons. The topological polar surface area (TPSA) is 20.2 Å². The summed E-state index contributed by atoms with van der Waals surface area (Å²) < 4.78 is 0. The van der Waals surface area contributed by atoms with Crippen LogP contribution in [0.1, 0.15) is 26.7 Å². The van der Waals surface area contributed by atoms with Gasteiger partial charge in [-0.3, -0.25) is 0 Å². The van der Waals surface area contributed by atoms with Crippen LogP contribution in [-0.4, -0.2) is 33.8 Å². The number of hydrogen-bond acceptors (Lipinski definition) is 1. The Morgan fingerprint density at radius 2 is 1.82 bits per heavy atom. The minimum absolute atomic E-state index is 0. The van der Waals surface area contributed by atoms with Crippen molar-refractivity contribution < 1.29 is 29.9 Å². The summed E-state index contributed by atoms with van der Waals surface area (Å²) in [6.45, 7) is 7.31. The molecule has 0 spiro atoms. The second kappa shape index (κ2) is 11.0. The van der Waals surface area contributed by atoms with Crippen LogP contribution in [0.3, 0.4) is 0 Å². The van der Waals surface area contributed by atoms with Crippen LogP contribution in [0.2, 0.25) is 0 Å². The van der Waals surface area contributed by atoms with Crippen molar-refractivity contribution in [3.63, 3.8) is 0 Å². The van der Waals surface area contributed by atoms with Gasteiger partial charge in [0.2, 0.25) is 0 Å². The molecule has 0 fully saturated rings. The van der Waals surface area contributed by atoms with E-state index in [4.69, 9.17) is 0 Å². The van der Waals surface area contributed by atoms with Crippen LogP contribution in [-0.2, 0) is 0 Å². The third kappa shape index (κ3) is 14.0. The molecular weight excluding hydrogens is 195 g/mol. The van der Waals surface area contributed by atoms with E-state index in [0.29, 0.717) is 6.42 Å². The fourth-order valence-electron chi connectivity index (χ4n) is 0.455. The van der Waals surface area contributed by atoms with Crippen molar-refractivity contribution in [3.8, 4) is 0 Å². The zero-order chi connectivity index (χ0) is 6.62. The van der Waals surface area contributed by atoms with Crippen molar-refractivity contribution in [3.05, 3.63) is 12.7 Å². The third-order valence-corrected chi connectivity index (χ3v) is 1.35. The van der Waals surface area contributed by atoms with Crippen molar-refractivity contribution in [2.24, 2.45) is 0 Å². The van der Waals surface area contributed by atoms with Gasteiger partial charge >= 0.3 is 23.1 Å². The summed E-state index contributed by atoms with van der Waals surface area (Å²) in [4.78, 5) is 0. The van der Waals surface area contributed by atoms with Gasteiger partial charge < -0.3 is 29.9 Å². The number of hydrogen-bond donors (Lipinski definition) is 1. The monoisotopic (exact) mass is 208 g/mol. The first-order valence-electron chi connectivity index (χ1n) is 2.95. The fraction of sp³-hybridized carbons (Fsp3) is 0.714. The fourth-order valence-corrected chi connectivity index (χ4v) is 0.455. The molecule has 11 heavy (non-hydrogen) atoms. The molecule has 0 bridgehead atoms. The summed E-state index contributed by atoms with van der Waals surface area (Å²) in [6, 6.07) is 0. The third-order valence-electron chi connectivity index (χ3n) is 1.35. The van der Waals surface area contributed by atoms with E-state index < -0.39 is 5.60 Å². The van der Waals surface area contributed by atoms with Gasteiger partial charge in [0.1, 0.15) is 0 Å². The van der Waals surface area contributed by atoms with E-state index >= 15 is 0 Å². The van der Waals surface area contributed by atoms with Crippen LogP contribution in [0.15, 0.2) is 12.7 Å². The second-order valence-corrected chi connectivity index (χ2v) is 2.34. The van der Waals surface area contributed by atoms with E-state index in [1.165, 1.54) is 0 Å². The van der Waals surface area contributed by atoms with Gasteiger partial charge in [-0.2, -0.15) is 0 Å². The molecule has 0 saturated carbocycles. The number of rotatable bonds is 3. The predicted octanol–water partition coefficient (Wildman–Crippen LogP) is -4.65. The van der Waals surface area contributed by atoms with E-state index in [0.717, 1.165) is 6.42 Å². The standard InChI is InChI=1S/C7H14O.2ClH.Mg/c1-4-6-7(3,8)5-2;;;/h4,8H,1,5-6H2,2-3H3;2*1H;/q;;;+2/p-2. The molecule has 64 valence electrons. The van der Waals surface area contributed by atoms with Crippen molar-refractivity contribution in [1.82, 2.24) is 0 Å². The van der Waals surface area contributed by atoms with Crippen molar-refractivity contribution in [2.45, 2.75) is 32.3 Å². The maximum atomic E-state index is 9.25. The average molecular weight is 209 g/mol. The molecule has 0 aromatic rings. The molecule has 1 atom stereocenters. The molecule has 4 heteroatoms. The molecular formula is C7H14Cl2MgO. The van der Waals surface area contributed by atoms with Gasteiger partial charge in [-0.05, 0) is 19.8 Å². The van der Waals surface area contributed by atoms with Crippen LogP contribution >= 0.6 is 0 Å². The Morgan fingerprint density at radius 1 is 1.45 bits per heavy atom. The Morgan fingerprint density at radius 3 is 1.91 bits per heavy atom. The second-order valence-electron chi connectivity index (χ2n) is 2.34. The summed E-state index contributed by atoms with van der Waals surface area (Å²) in [7, 11) is 0. The molecule has 0 aliphatic heterocycles. The maximum Gasteiger partial charge on any atom is 2.00 e. The number of halogens is 2. The van der Waals surface area contributed by atoms with E-state index in [1.807, 2.05) is 13.8 Å². The largest absolute Gasteiger partial charge is 2.00 e. The summed E-state index contributed by atoms with van der Waals surface area (Å²) in [5.41, 5.74) is -0.526. The Bertz CT molecular complexity index is 86.5. The summed E-state index contributed by atoms with van der Waals surface area (Å²) >= 11 is 0. The molecule has 0 aromatic heterocycles. The normalized spacial score (nSPS) is 12.6. The first-order chi connectivity index (χ1) is 3.62. The molecule has 0 aromatic carbocycles. The van der Waals surface area contributed by atoms with Gasteiger partial charge in [0.15, 0.2) is 0 Å². The Kier molecular flexibility index (Phi) is 22.8. The zero-order valence-corrected chi connectivity index (χ0v) is 10.0. The van der Waals surface area contributed by atoms with Crippen molar-refractivity contribution in [1.29, 1.82) is 0 Å². The minimum atomic E-state index is -0.526. The Balaban J connectivity index is -0.0000000817. The van der Waals surface area contributed by atoms with Gasteiger partial charge in [-0.25, -0.2) is 0 Å². The van der Waals surface area contributed by atoms with Crippen LogP contribution in [0.4, 0.5) is 0 Å². The van der Waals surface area contributed by atoms with Crippen LogP contribution < -0.4 is 24.8 Å². The van der Waals surface area contributed by atoms with E-state index in [1.54, 1.807) is 6.08 Å². The first kappa shape index (κ1) is 22.7. The quantitative estimate of drug-likeness (QED) is 0.366. The van der Waals surface area contributed by atoms with Crippen LogP contribution in [0.25, 0.3) is 0 Å². The zero-order valence-electron chi connectivity index (χ0n) is 7.11. The van der Waals surface area contributed by atoms with Gasteiger partial charge in [0.05, 0.1) is 5.60 Å². The summed E-state index contributed by atoms with van der Waals surface area (Å²) in [6.07, 6.45) is 3.21. The Labute approximate surface area is 97.6 Å². The molecule has 0 aliphatic rings. The smallest absolute Gasteiger partial charge is 1.00 e. The number of aliphatic hydroxyl groups is 1. The minimum Gasteiger partial charge on any atom is -1.00 e. The van der Waals surface area contributed by atoms with Crippen LogP contribution in [0.5, 0.6) is 0 Å².